The van der Waals surface area contributed by atoms with Gasteiger partial charge in [0.2, 0.25) is 0 Å². The van der Waals surface area contributed by atoms with Crippen molar-refractivity contribution in [2.75, 3.05) is 38.8 Å². The van der Waals surface area contributed by atoms with Gasteiger partial charge in [-0.05, 0) is 96.6 Å². The zero-order chi connectivity index (χ0) is 39.3. The van der Waals surface area contributed by atoms with Crippen LogP contribution in [0.15, 0.2) is 103 Å². The van der Waals surface area contributed by atoms with Crippen molar-refractivity contribution in [2.24, 2.45) is 5.92 Å². The van der Waals surface area contributed by atoms with Crippen molar-refractivity contribution in [3.8, 4) is 22.6 Å². The molecule has 0 spiro atoms. The smallest absolute Gasteiger partial charge is 0.415 e. The molecule has 3 aliphatic heterocycles. The number of piperidine rings is 3. The number of anilines is 1. The van der Waals surface area contributed by atoms with E-state index in [1.807, 2.05) is 30.3 Å². The number of hydrogen-bond acceptors (Lipinski definition) is 8. The van der Waals surface area contributed by atoms with Crippen LogP contribution >= 0.6 is 23.2 Å². The minimum atomic E-state index is -0.892. The Kier molecular flexibility index (Phi) is 11.9. The lowest BCUT2D eigenvalue weighted by atomic mass is 9.86. The lowest BCUT2D eigenvalue weighted by molar-refractivity contribution is -0.605. The van der Waals surface area contributed by atoms with Crippen LogP contribution in [0.5, 0.6) is 11.5 Å². The Hall–Kier alpha value is -5.36. The molecule has 1 aromatic heterocycles. The molecule has 290 valence electrons. The summed E-state index contributed by atoms with van der Waals surface area (Å²) in [5.41, 5.74) is 3.62. The molecule has 5 aromatic rings. The Bertz CT molecular complexity index is 2210. The SMILES string of the molecule is COc1ccc(C(Cc2c(Cl)c[n+]([O-])cc2Cl)OC(=O)c2cccc(-c3cccc(CN(C(=O)O[C@H]4CN5CCC4CC5)c4ccccc4F)c3)c2)cc1OC. The molecule has 0 N–H and O–H groups in total. The summed E-state index contributed by atoms with van der Waals surface area (Å²) in [4.78, 5) is 31.3. The van der Waals surface area contributed by atoms with Crippen molar-refractivity contribution in [2.45, 2.75) is 38.0 Å². The van der Waals surface area contributed by atoms with Crippen molar-refractivity contribution >= 4 is 41.0 Å². The zero-order valence-electron chi connectivity index (χ0n) is 30.8. The third-order valence-electron chi connectivity index (χ3n) is 10.4. The number of nitrogens with zero attached hydrogens (tertiary/aromatic N) is 3. The van der Waals surface area contributed by atoms with Gasteiger partial charge in [0.25, 0.3) is 0 Å². The molecule has 0 saturated carbocycles. The fourth-order valence-corrected chi connectivity index (χ4v) is 8.00. The van der Waals surface area contributed by atoms with E-state index in [2.05, 4.69) is 4.90 Å². The molecule has 2 bridgehead atoms. The Labute approximate surface area is 334 Å². The van der Waals surface area contributed by atoms with E-state index in [0.717, 1.165) is 37.1 Å². The predicted molar refractivity (Wildman–Crippen MR) is 211 cm³/mol. The highest BCUT2D eigenvalue weighted by atomic mass is 35.5. The maximum Gasteiger partial charge on any atom is 0.415 e. The van der Waals surface area contributed by atoms with Gasteiger partial charge in [-0.15, -0.1) is 0 Å². The number of amides is 1. The monoisotopic (exact) mass is 799 g/mol. The van der Waals surface area contributed by atoms with Crippen LogP contribution in [0.3, 0.4) is 0 Å². The first kappa shape index (κ1) is 38.9. The molecule has 8 rings (SSSR count). The van der Waals surface area contributed by atoms with Gasteiger partial charge in [-0.2, -0.15) is 4.73 Å². The second-order valence-corrected chi connectivity index (χ2v) is 14.7. The summed E-state index contributed by atoms with van der Waals surface area (Å²) in [6, 6.07) is 25.8. The normalized spacial score (nSPS) is 17.8. The zero-order valence-corrected chi connectivity index (χ0v) is 32.3. The summed E-state index contributed by atoms with van der Waals surface area (Å²) < 4.78 is 38.8. The van der Waals surface area contributed by atoms with Crippen LogP contribution in [0.1, 0.15) is 46.0 Å². The first-order chi connectivity index (χ1) is 27.1. The standard InChI is InChI=1S/C43H40Cl2FN3O7/c1-53-38-14-13-31(21-40(38)54-2)39(22-33-34(44)24-48(52)25-35(33)45)55-42(50)32-10-6-9-30(20-32)29-8-5-7-27(19-29)23-49(37-12-4-3-11-36(37)46)43(51)56-41-26-47-17-15-28(41)16-18-47/h3-14,19-21,24-25,28,39,41H,15-18,22-23,26H2,1-2H3/t39?,41-/m0/s1. The van der Waals surface area contributed by atoms with E-state index in [1.165, 1.54) is 37.6 Å². The topological polar surface area (TPSA) is 104 Å². The second-order valence-electron chi connectivity index (χ2n) is 13.9. The lowest BCUT2D eigenvalue weighted by Crippen LogP contribution is -2.53. The number of fused-ring (bicyclic) bond motifs is 3. The molecular formula is C43H40Cl2FN3O7. The Balaban J connectivity index is 1.14. The van der Waals surface area contributed by atoms with E-state index in [4.69, 9.17) is 42.1 Å². The molecule has 2 atom stereocenters. The largest absolute Gasteiger partial charge is 0.619 e. The van der Waals surface area contributed by atoms with E-state index in [1.54, 1.807) is 54.6 Å². The van der Waals surface area contributed by atoms with Gasteiger partial charge in [-0.1, -0.05) is 71.7 Å². The number of halogens is 3. The van der Waals surface area contributed by atoms with Crippen LogP contribution in [0, 0.1) is 16.9 Å². The molecule has 1 amide bonds. The molecule has 3 fully saturated rings. The van der Waals surface area contributed by atoms with Crippen LogP contribution in [0.2, 0.25) is 10.0 Å². The van der Waals surface area contributed by atoms with Crippen LogP contribution < -0.4 is 19.1 Å². The van der Waals surface area contributed by atoms with Crippen LogP contribution in [0.25, 0.3) is 11.1 Å². The number of benzene rings is 4. The number of rotatable bonds is 12. The quantitative estimate of drug-likeness (QED) is 0.0701. The van der Waals surface area contributed by atoms with E-state index in [9.17, 15) is 14.8 Å². The Morgan fingerprint density at radius 2 is 1.59 bits per heavy atom. The number of hydrogen-bond donors (Lipinski definition) is 0. The number of methoxy groups -OCH3 is 2. The highest BCUT2D eigenvalue weighted by Crippen LogP contribution is 2.36. The molecule has 10 nitrogen and oxygen atoms in total. The van der Waals surface area contributed by atoms with Gasteiger partial charge in [0.15, 0.2) is 23.9 Å². The lowest BCUT2D eigenvalue weighted by Gasteiger charge is -2.44. The summed E-state index contributed by atoms with van der Waals surface area (Å²) in [6.07, 6.45) is 2.64. The number of aromatic nitrogens is 1. The molecule has 13 heteroatoms. The van der Waals surface area contributed by atoms with E-state index in [0.29, 0.717) is 45.4 Å². The number of ether oxygens (including phenoxy) is 4. The van der Waals surface area contributed by atoms with Crippen molar-refractivity contribution in [1.82, 2.24) is 4.90 Å². The average Bonchev–Trinajstić information content (AvgIpc) is 3.21. The second kappa shape index (κ2) is 17.2. The van der Waals surface area contributed by atoms with Crippen molar-refractivity contribution in [1.29, 1.82) is 0 Å². The minimum absolute atomic E-state index is 0.0559. The number of esters is 1. The maximum atomic E-state index is 15.2. The van der Waals surface area contributed by atoms with Gasteiger partial charge < -0.3 is 24.2 Å². The summed E-state index contributed by atoms with van der Waals surface area (Å²) >= 11 is 12.9. The molecule has 3 aliphatic rings. The van der Waals surface area contributed by atoms with E-state index < -0.39 is 24.0 Å². The minimum Gasteiger partial charge on any atom is -0.619 e. The molecule has 0 aliphatic carbocycles. The van der Waals surface area contributed by atoms with Crippen LogP contribution in [-0.4, -0.2) is 56.9 Å². The molecular weight excluding hydrogens is 760 g/mol. The van der Waals surface area contributed by atoms with Gasteiger partial charge >= 0.3 is 12.1 Å². The summed E-state index contributed by atoms with van der Waals surface area (Å²) in [5.74, 6) is 0.0612. The highest BCUT2D eigenvalue weighted by Gasteiger charge is 2.38. The van der Waals surface area contributed by atoms with Gasteiger partial charge in [0.05, 0.1) is 32.0 Å². The predicted octanol–water partition coefficient (Wildman–Crippen LogP) is 8.83. The summed E-state index contributed by atoms with van der Waals surface area (Å²) in [5, 5.41) is 12.2. The van der Waals surface area contributed by atoms with Crippen molar-refractivity contribution in [3.63, 3.8) is 0 Å². The number of carbonyl (C=O) groups is 2. The first-order valence-corrected chi connectivity index (χ1v) is 19.0. The third kappa shape index (κ3) is 8.70. The van der Waals surface area contributed by atoms with Gasteiger partial charge in [-0.25, -0.2) is 14.0 Å². The fourth-order valence-electron chi connectivity index (χ4n) is 7.40. The summed E-state index contributed by atoms with van der Waals surface area (Å²) in [6.45, 7) is 2.74. The fraction of sp³-hybridized carbons (Fsp3) is 0.279. The van der Waals surface area contributed by atoms with Gasteiger partial charge in [-0.3, -0.25) is 9.80 Å². The maximum absolute atomic E-state index is 15.2. The molecule has 3 saturated heterocycles. The first-order valence-electron chi connectivity index (χ1n) is 18.2. The number of pyridine rings is 1. The number of para-hydroxylation sites is 1. The molecule has 4 aromatic carbocycles. The molecule has 1 unspecified atom stereocenters. The van der Waals surface area contributed by atoms with E-state index >= 15 is 4.39 Å². The van der Waals surface area contributed by atoms with Crippen LogP contribution in [-0.2, 0) is 22.4 Å². The average molecular weight is 801 g/mol. The van der Waals surface area contributed by atoms with E-state index in [-0.39, 0.29) is 40.4 Å². The Morgan fingerprint density at radius 1 is 0.893 bits per heavy atom. The Morgan fingerprint density at radius 3 is 2.27 bits per heavy atom. The highest BCUT2D eigenvalue weighted by molar-refractivity contribution is 6.35. The summed E-state index contributed by atoms with van der Waals surface area (Å²) in [7, 11) is 3.02. The third-order valence-corrected chi connectivity index (χ3v) is 11.0. The van der Waals surface area contributed by atoms with Crippen LogP contribution in [0.4, 0.5) is 14.9 Å². The van der Waals surface area contributed by atoms with Gasteiger partial charge in [0.1, 0.15) is 28.1 Å². The number of carbonyl (C=O) groups excluding carboxylic acids is 2. The van der Waals surface area contributed by atoms with Gasteiger partial charge in [0, 0.05) is 18.5 Å². The molecule has 0 radical (unpaired) electrons. The van der Waals surface area contributed by atoms with Crippen molar-refractivity contribution in [3.05, 3.63) is 147 Å². The van der Waals surface area contributed by atoms with Crippen molar-refractivity contribution < 1.29 is 37.7 Å². The molecule has 4 heterocycles. The molecule has 56 heavy (non-hydrogen) atoms.